The minimum absolute atomic E-state index is 0.203. The molecule has 3 aromatic carbocycles. The fourth-order valence-corrected chi connectivity index (χ4v) is 4.81. The number of hydrogen-bond donors (Lipinski definition) is 1. The lowest BCUT2D eigenvalue weighted by Gasteiger charge is -2.10. The average Bonchev–Trinajstić information content (AvgIpc) is 3.27. The van der Waals surface area contributed by atoms with Crippen LogP contribution < -0.4 is 14.9 Å². The van der Waals surface area contributed by atoms with Gasteiger partial charge in [0.05, 0.1) is 34.9 Å². The number of carbonyl (C=O) groups excluding carboxylic acids is 2. The van der Waals surface area contributed by atoms with E-state index in [9.17, 15) is 9.59 Å². The average molecular weight is 492 g/mol. The van der Waals surface area contributed by atoms with E-state index < -0.39 is 5.97 Å². The van der Waals surface area contributed by atoms with Crippen molar-refractivity contribution >= 4 is 51.4 Å². The van der Waals surface area contributed by atoms with Crippen molar-refractivity contribution in [2.45, 2.75) is 11.3 Å². The van der Waals surface area contributed by atoms with Crippen LogP contribution in [0.5, 0.6) is 11.5 Å². The zero-order chi connectivity index (χ0) is 23.9. The Morgan fingerprint density at radius 1 is 1.09 bits per heavy atom. The number of fused-ring (bicyclic) bond motifs is 1. The second kappa shape index (κ2) is 11.0. The van der Waals surface area contributed by atoms with Crippen LogP contribution >= 0.6 is 23.1 Å². The zero-order valence-electron chi connectivity index (χ0n) is 18.5. The zero-order valence-corrected chi connectivity index (χ0v) is 20.1. The highest BCUT2D eigenvalue weighted by Gasteiger charge is 2.13. The minimum Gasteiger partial charge on any atom is -0.493 e. The molecule has 0 saturated carbocycles. The summed E-state index contributed by atoms with van der Waals surface area (Å²) >= 11 is 2.92. The largest absolute Gasteiger partial charge is 0.493 e. The topological polar surface area (TPSA) is 89.9 Å². The van der Waals surface area contributed by atoms with Crippen LogP contribution in [-0.4, -0.2) is 35.9 Å². The van der Waals surface area contributed by atoms with Crippen LogP contribution in [0, 0.1) is 6.92 Å². The third-order valence-electron chi connectivity index (χ3n) is 4.68. The van der Waals surface area contributed by atoms with Gasteiger partial charge in [-0.3, -0.25) is 4.79 Å². The van der Waals surface area contributed by atoms with E-state index in [1.54, 1.807) is 41.7 Å². The molecule has 0 aliphatic heterocycles. The Hall–Kier alpha value is -3.69. The van der Waals surface area contributed by atoms with Gasteiger partial charge in [0.1, 0.15) is 0 Å². The molecular weight excluding hydrogens is 470 g/mol. The van der Waals surface area contributed by atoms with Gasteiger partial charge in [0.2, 0.25) is 0 Å². The number of esters is 1. The Morgan fingerprint density at radius 3 is 2.65 bits per heavy atom. The first-order chi connectivity index (χ1) is 16.5. The van der Waals surface area contributed by atoms with Crippen molar-refractivity contribution in [1.29, 1.82) is 0 Å². The van der Waals surface area contributed by atoms with Gasteiger partial charge in [0, 0.05) is 0 Å². The van der Waals surface area contributed by atoms with E-state index in [1.807, 2.05) is 43.3 Å². The summed E-state index contributed by atoms with van der Waals surface area (Å²) in [6.45, 7) is 1.95. The van der Waals surface area contributed by atoms with Crippen molar-refractivity contribution in [2.75, 3.05) is 12.9 Å². The van der Waals surface area contributed by atoms with Gasteiger partial charge in [0.15, 0.2) is 15.8 Å². The summed E-state index contributed by atoms with van der Waals surface area (Å²) < 4.78 is 12.7. The van der Waals surface area contributed by atoms with Gasteiger partial charge in [0.25, 0.3) is 5.91 Å². The summed E-state index contributed by atoms with van der Waals surface area (Å²) in [5, 5.41) is 4.00. The molecule has 7 nitrogen and oxygen atoms in total. The molecule has 4 rings (SSSR count). The Balaban J connectivity index is 1.32. The molecule has 1 N–H and O–H groups in total. The molecule has 1 amide bonds. The molecule has 0 fully saturated rings. The number of hydrazone groups is 1. The van der Waals surface area contributed by atoms with Crippen LogP contribution in [-0.2, 0) is 4.79 Å². The normalized spacial score (nSPS) is 11.0. The van der Waals surface area contributed by atoms with E-state index in [0.29, 0.717) is 22.6 Å². The molecule has 0 aliphatic carbocycles. The fourth-order valence-electron chi connectivity index (χ4n) is 2.95. The van der Waals surface area contributed by atoms with Gasteiger partial charge in [-0.1, -0.05) is 41.6 Å². The van der Waals surface area contributed by atoms with Gasteiger partial charge in [-0.25, -0.2) is 15.2 Å². The lowest BCUT2D eigenvalue weighted by atomic mass is 10.1. The number of para-hydroxylation sites is 1. The number of aromatic nitrogens is 1. The highest BCUT2D eigenvalue weighted by atomic mass is 32.2. The van der Waals surface area contributed by atoms with Crippen LogP contribution in [0.25, 0.3) is 10.2 Å². The maximum absolute atomic E-state index is 12.4. The lowest BCUT2D eigenvalue weighted by Crippen LogP contribution is -2.19. The van der Waals surface area contributed by atoms with Gasteiger partial charge in [-0.2, -0.15) is 5.10 Å². The molecule has 0 spiro atoms. The van der Waals surface area contributed by atoms with Gasteiger partial charge >= 0.3 is 5.97 Å². The summed E-state index contributed by atoms with van der Waals surface area (Å²) in [5.74, 6) is 0.159. The van der Waals surface area contributed by atoms with Crippen molar-refractivity contribution < 1.29 is 19.1 Å². The number of benzene rings is 3. The van der Waals surface area contributed by atoms with E-state index in [-0.39, 0.29) is 11.7 Å². The van der Waals surface area contributed by atoms with E-state index in [2.05, 4.69) is 15.5 Å². The predicted octanol–water partition coefficient (Wildman–Crippen LogP) is 5.07. The number of thiazole rings is 1. The number of rotatable bonds is 8. The highest BCUT2D eigenvalue weighted by molar-refractivity contribution is 8.01. The van der Waals surface area contributed by atoms with E-state index in [1.165, 1.54) is 25.1 Å². The molecule has 0 radical (unpaired) electrons. The molecule has 1 aromatic heterocycles. The maximum atomic E-state index is 12.4. The van der Waals surface area contributed by atoms with Gasteiger partial charge < -0.3 is 9.47 Å². The number of nitrogens with one attached hydrogen (secondary N) is 1. The van der Waals surface area contributed by atoms with Crippen LogP contribution in [0.3, 0.4) is 0 Å². The van der Waals surface area contributed by atoms with E-state index in [4.69, 9.17) is 9.47 Å². The number of aryl methyl sites for hydroxylation is 1. The van der Waals surface area contributed by atoms with Crippen LogP contribution in [0.1, 0.15) is 21.5 Å². The van der Waals surface area contributed by atoms with Crippen molar-refractivity contribution in [1.82, 2.24) is 10.4 Å². The molecule has 0 aliphatic rings. The smallest absolute Gasteiger partial charge is 0.343 e. The first kappa shape index (κ1) is 23.5. The summed E-state index contributed by atoms with van der Waals surface area (Å²) in [7, 11) is 1.49. The Kier molecular flexibility index (Phi) is 7.56. The second-order valence-electron chi connectivity index (χ2n) is 7.20. The van der Waals surface area contributed by atoms with Gasteiger partial charge in [-0.15, -0.1) is 11.3 Å². The number of amides is 1. The second-order valence-corrected chi connectivity index (χ2v) is 9.45. The SMILES string of the molecule is COc1cc(/C=N\NC(=O)CSc2nc3ccccc3s2)ccc1OC(=O)c1ccc(C)cc1. The number of ether oxygens (including phenoxy) is 2. The molecule has 0 unspecified atom stereocenters. The molecule has 0 saturated heterocycles. The minimum atomic E-state index is -0.474. The molecule has 9 heteroatoms. The monoisotopic (exact) mass is 491 g/mol. The quantitative estimate of drug-likeness (QED) is 0.122. The summed E-state index contributed by atoms with van der Waals surface area (Å²) in [6, 6.07) is 20.0. The Labute approximate surface area is 204 Å². The number of carbonyl (C=O) groups is 2. The Bertz CT molecular complexity index is 1320. The van der Waals surface area contributed by atoms with Crippen LogP contribution in [0.2, 0.25) is 0 Å². The third kappa shape index (κ3) is 6.00. The first-order valence-corrected chi connectivity index (χ1v) is 12.1. The van der Waals surface area contributed by atoms with E-state index >= 15 is 0 Å². The lowest BCUT2D eigenvalue weighted by molar-refractivity contribution is -0.118. The third-order valence-corrected chi connectivity index (χ3v) is 6.86. The Morgan fingerprint density at radius 2 is 1.88 bits per heavy atom. The standard InChI is InChI=1S/C25H21N3O4S2/c1-16-7-10-18(11-8-16)24(30)32-20-12-9-17(13-21(20)31-2)14-26-28-23(29)15-33-25-27-19-5-3-4-6-22(19)34-25/h3-14H,15H2,1-2H3,(H,28,29)/b26-14-. The fraction of sp³-hybridized carbons (Fsp3) is 0.120. The molecular formula is C25H21N3O4S2. The highest BCUT2D eigenvalue weighted by Crippen LogP contribution is 2.29. The van der Waals surface area contributed by atoms with Crippen LogP contribution in [0.4, 0.5) is 0 Å². The van der Waals surface area contributed by atoms with Crippen LogP contribution in [0.15, 0.2) is 76.2 Å². The van der Waals surface area contributed by atoms with E-state index in [0.717, 1.165) is 20.1 Å². The summed E-state index contributed by atoms with van der Waals surface area (Å²) in [4.78, 5) is 29.0. The molecule has 0 atom stereocenters. The first-order valence-electron chi connectivity index (χ1n) is 10.3. The molecule has 4 aromatic rings. The molecule has 172 valence electrons. The predicted molar refractivity (Wildman–Crippen MR) is 135 cm³/mol. The number of thioether (sulfide) groups is 1. The number of nitrogens with zero attached hydrogens (tertiary/aromatic N) is 2. The van der Waals surface area contributed by atoms with Gasteiger partial charge in [-0.05, 0) is 55.0 Å². The molecule has 0 bridgehead atoms. The maximum Gasteiger partial charge on any atom is 0.343 e. The molecule has 34 heavy (non-hydrogen) atoms. The van der Waals surface area contributed by atoms with Crippen molar-refractivity contribution in [3.8, 4) is 11.5 Å². The van der Waals surface area contributed by atoms with Crippen molar-refractivity contribution in [3.63, 3.8) is 0 Å². The number of hydrogen-bond acceptors (Lipinski definition) is 8. The number of methoxy groups -OCH3 is 1. The molecule has 1 heterocycles. The summed E-state index contributed by atoms with van der Waals surface area (Å²) in [5.41, 5.74) is 5.61. The summed E-state index contributed by atoms with van der Waals surface area (Å²) in [6.07, 6.45) is 1.49. The van der Waals surface area contributed by atoms with Crippen molar-refractivity contribution in [2.24, 2.45) is 5.10 Å². The van der Waals surface area contributed by atoms with Crippen molar-refractivity contribution in [3.05, 3.63) is 83.4 Å².